The van der Waals surface area contributed by atoms with Crippen molar-refractivity contribution in [3.8, 4) is 0 Å². The van der Waals surface area contributed by atoms with Crippen LogP contribution in [-0.2, 0) is 15.8 Å². The van der Waals surface area contributed by atoms with E-state index < -0.39 is 16.0 Å². The first kappa shape index (κ1) is 18.6. The van der Waals surface area contributed by atoms with Gasteiger partial charge in [-0.1, -0.05) is 29.8 Å². The number of nitrogens with zero attached hydrogens (tertiary/aromatic N) is 3. The first-order chi connectivity index (χ1) is 12.4. The lowest BCUT2D eigenvalue weighted by Gasteiger charge is -2.35. The Morgan fingerprint density at radius 1 is 1.12 bits per heavy atom. The van der Waals surface area contributed by atoms with E-state index in [1.807, 2.05) is 0 Å². The zero-order valence-electron chi connectivity index (χ0n) is 13.9. The highest BCUT2D eigenvalue weighted by Crippen LogP contribution is 2.23. The largest absolute Gasteiger partial charge is 0.478 e. The molecule has 26 heavy (non-hydrogen) atoms. The quantitative estimate of drug-likeness (QED) is 0.833. The van der Waals surface area contributed by atoms with Gasteiger partial charge in [-0.2, -0.15) is 4.31 Å². The summed E-state index contributed by atoms with van der Waals surface area (Å²) < 4.78 is 26.7. The van der Waals surface area contributed by atoms with Crippen molar-refractivity contribution >= 4 is 33.4 Å². The fourth-order valence-electron chi connectivity index (χ4n) is 2.90. The number of carbonyl (C=O) groups is 1. The average molecular weight is 396 g/mol. The van der Waals surface area contributed by atoms with Crippen molar-refractivity contribution < 1.29 is 18.3 Å². The summed E-state index contributed by atoms with van der Waals surface area (Å²) in [7, 11) is -3.51. The normalized spacial score (nSPS) is 15.8. The molecule has 1 N–H and O–H groups in total. The predicted molar refractivity (Wildman–Crippen MR) is 99.1 cm³/mol. The molecule has 1 aromatic carbocycles. The molecule has 138 valence electrons. The Morgan fingerprint density at radius 2 is 1.81 bits per heavy atom. The van der Waals surface area contributed by atoms with Gasteiger partial charge in [0.1, 0.15) is 11.4 Å². The highest BCUT2D eigenvalue weighted by molar-refractivity contribution is 7.88. The number of rotatable bonds is 5. The fourth-order valence-corrected chi connectivity index (χ4v) is 4.73. The van der Waals surface area contributed by atoms with Crippen LogP contribution < -0.4 is 4.90 Å². The van der Waals surface area contributed by atoms with E-state index in [9.17, 15) is 18.3 Å². The molecule has 0 radical (unpaired) electrons. The third kappa shape index (κ3) is 3.98. The summed E-state index contributed by atoms with van der Waals surface area (Å²) in [5, 5.41) is 9.71. The lowest BCUT2D eigenvalue weighted by molar-refractivity contribution is 0.0697. The van der Waals surface area contributed by atoms with E-state index in [-0.39, 0.29) is 24.4 Å². The molecular weight excluding hydrogens is 378 g/mol. The van der Waals surface area contributed by atoms with Crippen molar-refractivity contribution in [2.45, 2.75) is 5.75 Å². The molecule has 0 aliphatic carbocycles. The van der Waals surface area contributed by atoms with E-state index in [2.05, 4.69) is 4.98 Å². The maximum Gasteiger partial charge on any atom is 0.339 e. The van der Waals surface area contributed by atoms with Gasteiger partial charge in [0, 0.05) is 37.4 Å². The van der Waals surface area contributed by atoms with Gasteiger partial charge < -0.3 is 10.0 Å². The Kier molecular flexibility index (Phi) is 5.45. The molecule has 2 aromatic rings. The number of sulfonamides is 1. The molecule has 1 aromatic heterocycles. The summed E-state index contributed by atoms with van der Waals surface area (Å²) in [6.45, 7) is 1.28. The standard InChI is InChI=1S/C17H18ClN3O4S/c18-15-6-2-1-4-13(15)12-26(24,25)21-10-8-20(9-11-21)16-14(17(22)23)5-3-7-19-16/h1-7H,8-12H2,(H,22,23). The Hall–Kier alpha value is -2.16. The summed E-state index contributed by atoms with van der Waals surface area (Å²) in [5.41, 5.74) is 0.675. The molecule has 0 saturated carbocycles. The Morgan fingerprint density at radius 3 is 2.46 bits per heavy atom. The Balaban J connectivity index is 1.70. The van der Waals surface area contributed by atoms with E-state index >= 15 is 0 Å². The second-order valence-corrected chi connectivity index (χ2v) is 8.29. The summed E-state index contributed by atoms with van der Waals surface area (Å²) in [6, 6.07) is 9.93. The van der Waals surface area contributed by atoms with Gasteiger partial charge in [-0.15, -0.1) is 0 Å². The molecule has 0 atom stereocenters. The zero-order valence-corrected chi connectivity index (χ0v) is 15.4. The minimum atomic E-state index is -3.51. The molecule has 0 spiro atoms. The van der Waals surface area contributed by atoms with Gasteiger partial charge in [0.05, 0.1) is 5.75 Å². The van der Waals surface area contributed by atoms with Gasteiger partial charge in [0.25, 0.3) is 0 Å². The van der Waals surface area contributed by atoms with Crippen molar-refractivity contribution in [1.82, 2.24) is 9.29 Å². The molecule has 1 aliphatic rings. The lowest BCUT2D eigenvalue weighted by atomic mass is 10.2. The SMILES string of the molecule is O=C(O)c1cccnc1N1CCN(S(=O)(=O)Cc2ccccc2Cl)CC1. The predicted octanol–water partition coefficient (Wildman–Crippen LogP) is 2.09. The smallest absolute Gasteiger partial charge is 0.339 e. The summed E-state index contributed by atoms with van der Waals surface area (Å²) in [4.78, 5) is 17.3. The summed E-state index contributed by atoms with van der Waals surface area (Å²) >= 11 is 6.06. The number of hydrogen-bond donors (Lipinski definition) is 1. The zero-order chi connectivity index (χ0) is 18.7. The molecule has 1 aliphatic heterocycles. The minimum Gasteiger partial charge on any atom is -0.478 e. The molecule has 3 rings (SSSR count). The number of anilines is 1. The highest BCUT2D eigenvalue weighted by atomic mass is 35.5. The first-order valence-electron chi connectivity index (χ1n) is 8.03. The van der Waals surface area contributed by atoms with Crippen LogP contribution in [0.1, 0.15) is 15.9 Å². The van der Waals surface area contributed by atoms with Crippen LogP contribution in [0.25, 0.3) is 0 Å². The highest BCUT2D eigenvalue weighted by Gasteiger charge is 2.29. The van der Waals surface area contributed by atoms with Gasteiger partial charge in [-0.3, -0.25) is 0 Å². The molecular formula is C17H18ClN3O4S. The number of halogens is 1. The van der Waals surface area contributed by atoms with Crippen LogP contribution in [0, 0.1) is 0 Å². The van der Waals surface area contributed by atoms with Crippen molar-refractivity contribution in [3.05, 3.63) is 58.7 Å². The molecule has 1 saturated heterocycles. The fraction of sp³-hybridized carbons (Fsp3) is 0.294. The van der Waals surface area contributed by atoms with Crippen LogP contribution >= 0.6 is 11.6 Å². The molecule has 0 bridgehead atoms. The van der Waals surface area contributed by atoms with Crippen LogP contribution in [-0.4, -0.2) is 55.0 Å². The lowest BCUT2D eigenvalue weighted by Crippen LogP contribution is -2.49. The van der Waals surface area contributed by atoms with E-state index in [4.69, 9.17) is 11.6 Å². The van der Waals surface area contributed by atoms with Crippen molar-refractivity contribution in [2.75, 3.05) is 31.1 Å². The van der Waals surface area contributed by atoms with Gasteiger partial charge in [0.15, 0.2) is 0 Å². The number of benzene rings is 1. The van der Waals surface area contributed by atoms with E-state index in [1.165, 1.54) is 16.6 Å². The van der Waals surface area contributed by atoms with Gasteiger partial charge >= 0.3 is 5.97 Å². The molecule has 9 heteroatoms. The van der Waals surface area contributed by atoms with Crippen LogP contribution in [0.15, 0.2) is 42.6 Å². The minimum absolute atomic E-state index is 0.111. The monoisotopic (exact) mass is 395 g/mol. The van der Waals surface area contributed by atoms with Crippen LogP contribution in [0.3, 0.4) is 0 Å². The third-order valence-electron chi connectivity index (χ3n) is 4.24. The average Bonchev–Trinajstić information content (AvgIpc) is 2.63. The molecule has 1 fully saturated rings. The molecule has 0 amide bonds. The summed E-state index contributed by atoms with van der Waals surface area (Å²) in [6.07, 6.45) is 1.53. The number of pyridine rings is 1. The van der Waals surface area contributed by atoms with Crippen LogP contribution in [0.5, 0.6) is 0 Å². The van der Waals surface area contributed by atoms with Gasteiger partial charge in [-0.25, -0.2) is 18.2 Å². The van der Waals surface area contributed by atoms with Crippen molar-refractivity contribution in [1.29, 1.82) is 0 Å². The maximum atomic E-state index is 12.7. The Bertz CT molecular complexity index is 912. The Labute approximate surface area is 156 Å². The number of hydrogen-bond acceptors (Lipinski definition) is 5. The van der Waals surface area contributed by atoms with Crippen LogP contribution in [0.4, 0.5) is 5.82 Å². The topological polar surface area (TPSA) is 90.8 Å². The maximum absolute atomic E-state index is 12.7. The number of aromatic carboxylic acids is 1. The third-order valence-corrected chi connectivity index (χ3v) is 6.44. The second-order valence-electron chi connectivity index (χ2n) is 5.91. The number of aromatic nitrogens is 1. The number of carboxylic acids is 1. The van der Waals surface area contributed by atoms with E-state index in [1.54, 1.807) is 35.2 Å². The van der Waals surface area contributed by atoms with Gasteiger partial charge in [-0.05, 0) is 23.8 Å². The van der Waals surface area contributed by atoms with Gasteiger partial charge in [0.2, 0.25) is 10.0 Å². The molecule has 0 unspecified atom stereocenters. The first-order valence-corrected chi connectivity index (χ1v) is 10.0. The summed E-state index contributed by atoms with van der Waals surface area (Å²) in [5.74, 6) is -0.846. The second kappa shape index (κ2) is 7.61. The number of piperazine rings is 1. The van der Waals surface area contributed by atoms with Crippen molar-refractivity contribution in [2.24, 2.45) is 0 Å². The van der Waals surface area contributed by atoms with Crippen molar-refractivity contribution in [3.63, 3.8) is 0 Å². The van der Waals surface area contributed by atoms with Crippen LogP contribution in [0.2, 0.25) is 5.02 Å². The molecule has 7 nitrogen and oxygen atoms in total. The van der Waals surface area contributed by atoms with E-state index in [0.717, 1.165) is 0 Å². The molecule has 2 heterocycles. The van der Waals surface area contributed by atoms with E-state index in [0.29, 0.717) is 29.5 Å². The number of carboxylic acid groups (broad SMARTS) is 1.